The molecule has 0 saturated carbocycles. The van der Waals surface area contributed by atoms with Gasteiger partial charge in [0.2, 0.25) is 0 Å². The first-order valence-corrected chi connectivity index (χ1v) is 7.94. The Morgan fingerprint density at radius 2 is 1.88 bits per heavy atom. The Morgan fingerprint density at radius 1 is 1.08 bits per heavy atom. The van der Waals surface area contributed by atoms with Crippen molar-refractivity contribution in [3.8, 4) is 23.1 Å². The standard InChI is InChI=1S/C17H13Cl2N3O3/c1-24-12-5-3-4-10(8-12)15-20-17(25-2)21-22(15)16(23)13-7-6-11(18)9-14(13)19/h3-9H,1-2H3. The summed E-state index contributed by atoms with van der Waals surface area (Å²) in [7, 11) is 2.98. The molecule has 0 aliphatic carbocycles. The van der Waals surface area contributed by atoms with Crippen LogP contribution >= 0.6 is 23.2 Å². The average Bonchev–Trinajstić information content (AvgIpc) is 3.06. The molecule has 0 aliphatic heterocycles. The number of ether oxygens (including phenoxy) is 2. The molecule has 0 saturated heterocycles. The van der Waals surface area contributed by atoms with Gasteiger partial charge >= 0.3 is 6.01 Å². The van der Waals surface area contributed by atoms with E-state index in [2.05, 4.69) is 10.1 Å². The minimum absolute atomic E-state index is 0.0660. The summed E-state index contributed by atoms with van der Waals surface area (Å²) < 4.78 is 11.4. The first-order chi connectivity index (χ1) is 12.0. The molecule has 0 atom stereocenters. The van der Waals surface area contributed by atoms with Gasteiger partial charge in [0.05, 0.1) is 24.8 Å². The second kappa shape index (κ2) is 7.13. The maximum absolute atomic E-state index is 12.9. The fraction of sp³-hybridized carbons (Fsp3) is 0.118. The van der Waals surface area contributed by atoms with Gasteiger partial charge in [-0.1, -0.05) is 35.3 Å². The lowest BCUT2D eigenvalue weighted by Crippen LogP contribution is -2.15. The molecule has 128 valence electrons. The van der Waals surface area contributed by atoms with E-state index in [-0.39, 0.29) is 16.6 Å². The SMILES string of the molecule is COc1cccc(-c2nc(OC)nn2C(=O)c2ccc(Cl)cc2Cl)c1. The zero-order valence-electron chi connectivity index (χ0n) is 13.4. The van der Waals surface area contributed by atoms with Crippen molar-refractivity contribution >= 4 is 29.1 Å². The zero-order valence-corrected chi connectivity index (χ0v) is 14.9. The molecule has 0 radical (unpaired) electrons. The largest absolute Gasteiger partial charge is 0.497 e. The molecule has 6 nitrogen and oxygen atoms in total. The van der Waals surface area contributed by atoms with Gasteiger partial charge in [-0.25, -0.2) is 0 Å². The first-order valence-electron chi connectivity index (χ1n) is 7.18. The number of halogens is 2. The summed E-state index contributed by atoms with van der Waals surface area (Å²) in [5, 5.41) is 4.76. The molecular formula is C17H13Cl2N3O3. The Bertz CT molecular complexity index is 941. The van der Waals surface area contributed by atoms with Crippen molar-refractivity contribution in [1.82, 2.24) is 14.8 Å². The zero-order chi connectivity index (χ0) is 18.0. The molecule has 0 spiro atoms. The van der Waals surface area contributed by atoms with Crippen molar-refractivity contribution in [1.29, 1.82) is 0 Å². The second-order valence-corrected chi connectivity index (χ2v) is 5.84. The fourth-order valence-corrected chi connectivity index (χ4v) is 2.74. The Hall–Kier alpha value is -2.57. The summed E-state index contributed by atoms with van der Waals surface area (Å²) >= 11 is 12.0. The molecule has 25 heavy (non-hydrogen) atoms. The molecule has 0 fully saturated rings. The van der Waals surface area contributed by atoms with Gasteiger partial charge in [0.15, 0.2) is 5.82 Å². The number of hydrogen-bond donors (Lipinski definition) is 0. The predicted molar refractivity (Wildman–Crippen MR) is 94.8 cm³/mol. The van der Waals surface area contributed by atoms with E-state index in [4.69, 9.17) is 32.7 Å². The van der Waals surface area contributed by atoms with E-state index >= 15 is 0 Å². The predicted octanol–water partition coefficient (Wildman–Crippen LogP) is 3.96. The highest BCUT2D eigenvalue weighted by molar-refractivity contribution is 6.36. The average molecular weight is 378 g/mol. The second-order valence-electron chi connectivity index (χ2n) is 5.00. The van der Waals surface area contributed by atoms with E-state index < -0.39 is 5.91 Å². The van der Waals surface area contributed by atoms with Crippen molar-refractivity contribution in [2.24, 2.45) is 0 Å². The Labute approximate surface area is 153 Å². The van der Waals surface area contributed by atoms with Crippen LogP contribution in [0, 0.1) is 0 Å². The number of aromatic nitrogens is 3. The highest BCUT2D eigenvalue weighted by Crippen LogP contribution is 2.27. The van der Waals surface area contributed by atoms with Crippen LogP contribution in [0.3, 0.4) is 0 Å². The molecule has 3 rings (SSSR count). The summed E-state index contributed by atoms with van der Waals surface area (Å²) in [5.74, 6) is 0.491. The van der Waals surface area contributed by atoms with Gasteiger partial charge in [0, 0.05) is 10.6 Å². The minimum Gasteiger partial charge on any atom is -0.497 e. The topological polar surface area (TPSA) is 66.2 Å². The Balaban J connectivity index is 2.12. The van der Waals surface area contributed by atoms with Gasteiger partial charge in [-0.15, -0.1) is 5.10 Å². The van der Waals surface area contributed by atoms with Crippen molar-refractivity contribution in [3.63, 3.8) is 0 Å². The van der Waals surface area contributed by atoms with Crippen molar-refractivity contribution < 1.29 is 14.3 Å². The maximum atomic E-state index is 12.9. The lowest BCUT2D eigenvalue weighted by atomic mass is 10.2. The third-order valence-corrected chi connectivity index (χ3v) is 4.00. The molecule has 0 unspecified atom stereocenters. The molecule has 0 bridgehead atoms. The summed E-state index contributed by atoms with van der Waals surface area (Å²) in [5.41, 5.74) is 0.899. The number of carbonyl (C=O) groups excluding carboxylic acids is 1. The molecule has 2 aromatic carbocycles. The van der Waals surface area contributed by atoms with E-state index in [0.29, 0.717) is 22.2 Å². The highest BCUT2D eigenvalue weighted by atomic mass is 35.5. The minimum atomic E-state index is -0.449. The number of rotatable bonds is 4. The maximum Gasteiger partial charge on any atom is 0.336 e. The molecular weight excluding hydrogens is 365 g/mol. The van der Waals surface area contributed by atoms with Crippen LogP contribution in [0.2, 0.25) is 10.0 Å². The lowest BCUT2D eigenvalue weighted by molar-refractivity contribution is 0.0945. The van der Waals surface area contributed by atoms with Gasteiger partial charge < -0.3 is 9.47 Å². The number of carbonyl (C=O) groups is 1. The van der Waals surface area contributed by atoms with Crippen LogP contribution in [0.4, 0.5) is 0 Å². The monoisotopic (exact) mass is 377 g/mol. The van der Waals surface area contributed by atoms with E-state index in [1.807, 2.05) is 0 Å². The quantitative estimate of drug-likeness (QED) is 0.688. The van der Waals surface area contributed by atoms with Crippen LogP contribution in [-0.4, -0.2) is 34.9 Å². The van der Waals surface area contributed by atoms with Crippen molar-refractivity contribution in [3.05, 3.63) is 58.1 Å². The molecule has 0 aliphatic rings. The molecule has 1 aromatic heterocycles. The van der Waals surface area contributed by atoms with Crippen LogP contribution in [0.1, 0.15) is 10.4 Å². The highest BCUT2D eigenvalue weighted by Gasteiger charge is 2.21. The fourth-order valence-electron chi connectivity index (χ4n) is 2.25. The van der Waals surface area contributed by atoms with Gasteiger partial charge in [-0.05, 0) is 30.3 Å². The smallest absolute Gasteiger partial charge is 0.336 e. The van der Waals surface area contributed by atoms with Gasteiger partial charge in [0.25, 0.3) is 5.91 Å². The molecule has 8 heteroatoms. The molecule has 1 heterocycles. The third-order valence-electron chi connectivity index (χ3n) is 3.45. The van der Waals surface area contributed by atoms with E-state index in [0.717, 1.165) is 4.68 Å². The van der Waals surface area contributed by atoms with Gasteiger partial charge in [-0.2, -0.15) is 9.67 Å². The third kappa shape index (κ3) is 3.45. The number of methoxy groups -OCH3 is 2. The molecule has 0 N–H and O–H groups in total. The normalized spacial score (nSPS) is 10.6. The number of benzene rings is 2. The van der Waals surface area contributed by atoms with Gasteiger partial charge in [0.1, 0.15) is 5.75 Å². The Morgan fingerprint density at radius 3 is 2.56 bits per heavy atom. The Kier molecular flexibility index (Phi) is 4.92. The van der Waals surface area contributed by atoms with Crippen molar-refractivity contribution in [2.45, 2.75) is 0 Å². The first kappa shape index (κ1) is 17.3. The van der Waals surface area contributed by atoms with E-state index in [1.165, 1.54) is 19.2 Å². The lowest BCUT2D eigenvalue weighted by Gasteiger charge is -2.07. The van der Waals surface area contributed by atoms with Crippen LogP contribution in [0.25, 0.3) is 11.4 Å². The van der Waals surface area contributed by atoms with Crippen molar-refractivity contribution in [2.75, 3.05) is 14.2 Å². The van der Waals surface area contributed by atoms with Crippen LogP contribution in [0.5, 0.6) is 11.8 Å². The van der Waals surface area contributed by atoms with E-state index in [1.54, 1.807) is 37.4 Å². The van der Waals surface area contributed by atoms with Gasteiger partial charge in [-0.3, -0.25) is 4.79 Å². The number of nitrogens with zero attached hydrogens (tertiary/aromatic N) is 3. The summed E-state index contributed by atoms with van der Waals surface area (Å²) in [6.07, 6.45) is 0. The van der Waals surface area contributed by atoms with Crippen LogP contribution in [0.15, 0.2) is 42.5 Å². The summed E-state index contributed by atoms with van der Waals surface area (Å²) in [6.45, 7) is 0. The molecule has 0 amide bonds. The summed E-state index contributed by atoms with van der Waals surface area (Å²) in [4.78, 5) is 17.2. The van der Waals surface area contributed by atoms with Crippen LogP contribution in [-0.2, 0) is 0 Å². The van der Waals surface area contributed by atoms with E-state index in [9.17, 15) is 4.79 Å². The molecule has 3 aromatic rings. The summed E-state index contributed by atoms with van der Waals surface area (Å²) in [6, 6.07) is 11.8. The van der Waals surface area contributed by atoms with Crippen LogP contribution < -0.4 is 9.47 Å². The number of hydrogen-bond acceptors (Lipinski definition) is 5.